The molecule has 0 aliphatic carbocycles. The maximum Gasteiger partial charge on any atom is 0.0814 e. The minimum atomic E-state index is -0.637. The highest BCUT2D eigenvalue weighted by Crippen LogP contribution is 2.20. The molecule has 0 amide bonds. The van der Waals surface area contributed by atoms with Crippen LogP contribution in [0, 0.1) is 0 Å². The summed E-state index contributed by atoms with van der Waals surface area (Å²) >= 11 is 0. The first kappa shape index (κ1) is 11.9. The van der Waals surface area contributed by atoms with Gasteiger partial charge in [0.05, 0.1) is 17.0 Å². The summed E-state index contributed by atoms with van der Waals surface area (Å²) in [5.41, 5.74) is 6.75. The largest absolute Gasteiger partial charge is 0.397 e. The van der Waals surface area contributed by atoms with Crippen molar-refractivity contribution in [2.75, 3.05) is 17.6 Å². The number of hydrogen-bond acceptors (Lipinski definition) is 3. The monoisotopic (exact) mass is 208 g/mol. The molecule has 3 nitrogen and oxygen atoms in total. The number of benzene rings is 1. The number of anilines is 2. The van der Waals surface area contributed by atoms with Crippen molar-refractivity contribution in [2.45, 2.75) is 32.3 Å². The van der Waals surface area contributed by atoms with Gasteiger partial charge in [-0.15, -0.1) is 0 Å². The molecular formula is C12H20N2O. The molecule has 15 heavy (non-hydrogen) atoms. The van der Waals surface area contributed by atoms with E-state index in [-0.39, 0.29) is 0 Å². The predicted molar refractivity (Wildman–Crippen MR) is 64.9 cm³/mol. The zero-order valence-electron chi connectivity index (χ0n) is 9.46. The Morgan fingerprint density at radius 1 is 1.27 bits per heavy atom. The van der Waals surface area contributed by atoms with Crippen molar-refractivity contribution in [1.82, 2.24) is 0 Å². The van der Waals surface area contributed by atoms with Crippen molar-refractivity contribution < 1.29 is 5.11 Å². The van der Waals surface area contributed by atoms with Gasteiger partial charge in [-0.2, -0.15) is 0 Å². The normalized spacial score (nSPS) is 11.4. The summed E-state index contributed by atoms with van der Waals surface area (Å²) in [6, 6.07) is 7.59. The molecule has 3 heteroatoms. The maximum atomic E-state index is 10.1. The molecule has 1 aromatic rings. The SMILES string of the molecule is CCC(O)(CC)CNc1ccccc1N. The molecule has 0 bridgehead atoms. The summed E-state index contributed by atoms with van der Waals surface area (Å²) < 4.78 is 0. The molecule has 0 aromatic heterocycles. The number of nitrogens with two attached hydrogens (primary N) is 1. The van der Waals surface area contributed by atoms with Gasteiger partial charge in [-0.1, -0.05) is 26.0 Å². The zero-order valence-corrected chi connectivity index (χ0v) is 9.46. The van der Waals surface area contributed by atoms with Gasteiger partial charge in [-0.05, 0) is 25.0 Å². The number of aliphatic hydroxyl groups is 1. The summed E-state index contributed by atoms with van der Waals surface area (Å²) in [5.74, 6) is 0. The lowest BCUT2D eigenvalue weighted by molar-refractivity contribution is 0.0457. The number of rotatable bonds is 5. The van der Waals surface area contributed by atoms with E-state index in [1.807, 2.05) is 38.1 Å². The van der Waals surface area contributed by atoms with Gasteiger partial charge in [-0.25, -0.2) is 0 Å². The average Bonchev–Trinajstić information content (AvgIpc) is 2.28. The summed E-state index contributed by atoms with van der Waals surface area (Å²) in [6.07, 6.45) is 1.48. The Balaban J connectivity index is 2.61. The van der Waals surface area contributed by atoms with Crippen LogP contribution in [0.15, 0.2) is 24.3 Å². The van der Waals surface area contributed by atoms with Crippen LogP contribution in [0.3, 0.4) is 0 Å². The second-order valence-electron chi connectivity index (χ2n) is 3.87. The van der Waals surface area contributed by atoms with E-state index in [9.17, 15) is 5.11 Å². The third-order valence-corrected chi connectivity index (χ3v) is 2.88. The van der Waals surface area contributed by atoms with E-state index >= 15 is 0 Å². The minimum Gasteiger partial charge on any atom is -0.397 e. The Labute approximate surface area is 91.3 Å². The first-order chi connectivity index (χ1) is 7.11. The highest BCUT2D eigenvalue weighted by Gasteiger charge is 2.21. The predicted octanol–water partition coefficient (Wildman–Crippen LogP) is 2.23. The van der Waals surface area contributed by atoms with Crippen LogP contribution in [-0.2, 0) is 0 Å². The van der Waals surface area contributed by atoms with Crippen molar-refractivity contribution in [2.24, 2.45) is 0 Å². The van der Waals surface area contributed by atoms with Crippen molar-refractivity contribution in [3.8, 4) is 0 Å². The minimum absolute atomic E-state index is 0.536. The highest BCUT2D eigenvalue weighted by molar-refractivity contribution is 5.65. The van der Waals surface area contributed by atoms with Crippen molar-refractivity contribution >= 4 is 11.4 Å². The molecule has 0 saturated carbocycles. The molecule has 0 aliphatic rings. The third kappa shape index (κ3) is 3.13. The standard InChI is InChI=1S/C12H20N2O/c1-3-12(15,4-2)9-14-11-8-6-5-7-10(11)13/h5-8,14-15H,3-4,9,13H2,1-2H3. The molecule has 1 aromatic carbocycles. The first-order valence-electron chi connectivity index (χ1n) is 5.42. The molecule has 0 unspecified atom stereocenters. The van der Waals surface area contributed by atoms with Gasteiger partial charge in [0.25, 0.3) is 0 Å². The fraction of sp³-hybridized carbons (Fsp3) is 0.500. The molecule has 0 fully saturated rings. The van der Waals surface area contributed by atoms with Crippen LogP contribution < -0.4 is 11.1 Å². The van der Waals surface area contributed by atoms with Gasteiger partial charge in [0.15, 0.2) is 0 Å². The summed E-state index contributed by atoms with van der Waals surface area (Å²) in [5, 5.41) is 13.3. The Hall–Kier alpha value is -1.22. The van der Waals surface area contributed by atoms with Crippen LogP contribution in [0.25, 0.3) is 0 Å². The molecule has 0 spiro atoms. The van der Waals surface area contributed by atoms with Crippen molar-refractivity contribution in [3.05, 3.63) is 24.3 Å². The molecule has 0 heterocycles. The fourth-order valence-electron chi connectivity index (χ4n) is 1.42. The van der Waals surface area contributed by atoms with E-state index in [4.69, 9.17) is 5.73 Å². The maximum absolute atomic E-state index is 10.1. The summed E-state index contributed by atoms with van der Waals surface area (Å²) in [6.45, 7) is 4.51. The fourth-order valence-corrected chi connectivity index (χ4v) is 1.42. The van der Waals surface area contributed by atoms with E-state index in [0.29, 0.717) is 12.2 Å². The van der Waals surface area contributed by atoms with E-state index in [1.54, 1.807) is 0 Å². The van der Waals surface area contributed by atoms with Gasteiger partial charge in [0.2, 0.25) is 0 Å². The van der Waals surface area contributed by atoms with Gasteiger partial charge in [0, 0.05) is 6.54 Å². The average molecular weight is 208 g/mol. The van der Waals surface area contributed by atoms with Crippen LogP contribution in [0.5, 0.6) is 0 Å². The molecule has 0 atom stereocenters. The summed E-state index contributed by atoms with van der Waals surface area (Å²) in [7, 11) is 0. The van der Waals surface area contributed by atoms with Crippen LogP contribution in [-0.4, -0.2) is 17.3 Å². The first-order valence-corrected chi connectivity index (χ1v) is 5.42. The highest BCUT2D eigenvalue weighted by atomic mass is 16.3. The molecular weight excluding hydrogens is 188 g/mol. The number of nitrogens with one attached hydrogen (secondary N) is 1. The van der Waals surface area contributed by atoms with Gasteiger partial charge >= 0.3 is 0 Å². The number of hydrogen-bond donors (Lipinski definition) is 3. The summed E-state index contributed by atoms with van der Waals surface area (Å²) in [4.78, 5) is 0. The van der Waals surface area contributed by atoms with Crippen LogP contribution >= 0.6 is 0 Å². The van der Waals surface area contributed by atoms with Crippen LogP contribution in [0.2, 0.25) is 0 Å². The van der Waals surface area contributed by atoms with Crippen LogP contribution in [0.1, 0.15) is 26.7 Å². The van der Waals surface area contributed by atoms with Gasteiger partial charge in [-0.3, -0.25) is 0 Å². The topological polar surface area (TPSA) is 58.3 Å². The lowest BCUT2D eigenvalue weighted by Crippen LogP contribution is -2.35. The molecule has 0 radical (unpaired) electrons. The third-order valence-electron chi connectivity index (χ3n) is 2.88. The second kappa shape index (κ2) is 5.03. The quantitative estimate of drug-likeness (QED) is 0.650. The van der Waals surface area contributed by atoms with Gasteiger partial charge in [0.1, 0.15) is 0 Å². The van der Waals surface area contributed by atoms with E-state index in [1.165, 1.54) is 0 Å². The van der Waals surface area contributed by atoms with Crippen LogP contribution in [0.4, 0.5) is 11.4 Å². The lowest BCUT2D eigenvalue weighted by atomic mass is 9.97. The Morgan fingerprint density at radius 3 is 2.40 bits per heavy atom. The number of para-hydroxylation sites is 2. The van der Waals surface area contributed by atoms with Gasteiger partial charge < -0.3 is 16.2 Å². The molecule has 0 aliphatic heterocycles. The molecule has 0 saturated heterocycles. The zero-order chi connectivity index (χ0) is 11.3. The Morgan fingerprint density at radius 2 is 1.87 bits per heavy atom. The van der Waals surface area contributed by atoms with E-state index in [0.717, 1.165) is 18.5 Å². The van der Waals surface area contributed by atoms with E-state index in [2.05, 4.69) is 5.32 Å². The molecule has 84 valence electrons. The molecule has 4 N–H and O–H groups in total. The Kier molecular flexibility index (Phi) is 3.97. The lowest BCUT2D eigenvalue weighted by Gasteiger charge is -2.26. The second-order valence-corrected chi connectivity index (χ2v) is 3.87. The van der Waals surface area contributed by atoms with E-state index < -0.39 is 5.60 Å². The van der Waals surface area contributed by atoms with Crippen molar-refractivity contribution in [3.63, 3.8) is 0 Å². The van der Waals surface area contributed by atoms with Crippen molar-refractivity contribution in [1.29, 1.82) is 0 Å². The smallest absolute Gasteiger partial charge is 0.0814 e. The number of nitrogen functional groups attached to an aromatic ring is 1. The molecule has 1 rings (SSSR count). The Bertz CT molecular complexity index is 308.